The number of sulfonamides is 1. The Morgan fingerprint density at radius 1 is 0.914 bits per heavy atom. The maximum Gasteiger partial charge on any atom is 0.268 e. The van der Waals surface area contributed by atoms with Crippen LogP contribution in [0.15, 0.2) is 71.6 Å². The summed E-state index contributed by atoms with van der Waals surface area (Å²) < 4.78 is 34.1. The van der Waals surface area contributed by atoms with Crippen LogP contribution in [0.2, 0.25) is 0 Å². The van der Waals surface area contributed by atoms with Crippen LogP contribution in [0.3, 0.4) is 0 Å². The van der Waals surface area contributed by atoms with Gasteiger partial charge in [-0.2, -0.15) is 0 Å². The van der Waals surface area contributed by atoms with E-state index in [4.69, 9.17) is 4.74 Å². The van der Waals surface area contributed by atoms with E-state index < -0.39 is 10.0 Å². The number of carbonyl (C=O) groups is 1. The van der Waals surface area contributed by atoms with E-state index in [2.05, 4.69) is 0 Å². The van der Waals surface area contributed by atoms with Gasteiger partial charge in [0.2, 0.25) is 0 Å². The second-order valence-corrected chi connectivity index (χ2v) is 11.3. The number of carbonyl (C=O) groups excluding carboxylic acids is 1. The molecule has 0 aliphatic carbocycles. The van der Waals surface area contributed by atoms with Crippen molar-refractivity contribution < 1.29 is 17.9 Å². The van der Waals surface area contributed by atoms with E-state index in [0.717, 1.165) is 21.3 Å². The molecule has 1 aromatic heterocycles. The zero-order chi connectivity index (χ0) is 25.3. The first kappa shape index (κ1) is 24.8. The molecule has 6 nitrogen and oxygen atoms in total. The molecular weight excluding hydrogens is 480 g/mol. The number of fused-ring (bicyclic) bond motifs is 1. The predicted molar refractivity (Wildman–Crippen MR) is 144 cm³/mol. The molecule has 0 aliphatic heterocycles. The lowest BCUT2D eigenvalue weighted by Crippen LogP contribution is -2.30. The third kappa shape index (κ3) is 4.76. The van der Waals surface area contributed by atoms with Gasteiger partial charge in [-0.25, -0.2) is 8.42 Å². The van der Waals surface area contributed by atoms with Crippen LogP contribution < -0.4 is 13.9 Å². The highest BCUT2D eigenvalue weighted by Gasteiger charge is 2.24. The number of aryl methyl sites for hydroxylation is 2. The standard InChI is InChI=1S/C27H28N2O4S2/c1-6-29(35(31,32)24-12-10-23(33-5)11-13-24)22-9-14-25-20(16-22)17-26(34-25)27(30)28(4)21-8-7-18(2)19(3)15-21/h7-17H,6H2,1-5H3. The monoisotopic (exact) mass is 508 g/mol. The first-order chi connectivity index (χ1) is 16.6. The third-order valence-corrected chi connectivity index (χ3v) is 9.14. The molecule has 1 amide bonds. The molecule has 182 valence electrons. The van der Waals surface area contributed by atoms with Crippen LogP contribution in [0.1, 0.15) is 27.7 Å². The van der Waals surface area contributed by atoms with Crippen LogP contribution in [-0.2, 0) is 10.0 Å². The second-order valence-electron chi connectivity index (χ2n) is 8.31. The van der Waals surface area contributed by atoms with Crippen LogP contribution in [-0.4, -0.2) is 35.0 Å². The molecule has 4 aromatic rings. The van der Waals surface area contributed by atoms with Crippen LogP contribution >= 0.6 is 11.3 Å². The maximum atomic E-state index is 13.3. The van der Waals surface area contributed by atoms with Crippen molar-refractivity contribution in [1.82, 2.24) is 0 Å². The topological polar surface area (TPSA) is 66.9 Å². The summed E-state index contributed by atoms with van der Waals surface area (Å²) in [5, 5.41) is 0.827. The lowest BCUT2D eigenvalue weighted by molar-refractivity contribution is 0.0997. The molecule has 1 heterocycles. The van der Waals surface area contributed by atoms with Crippen molar-refractivity contribution in [2.24, 2.45) is 0 Å². The van der Waals surface area contributed by atoms with E-state index in [1.54, 1.807) is 49.2 Å². The maximum absolute atomic E-state index is 13.3. The normalized spacial score (nSPS) is 11.5. The quantitative estimate of drug-likeness (QED) is 0.306. The zero-order valence-corrected chi connectivity index (χ0v) is 22.0. The van der Waals surface area contributed by atoms with Crippen LogP contribution in [0.5, 0.6) is 5.75 Å². The number of methoxy groups -OCH3 is 1. The van der Waals surface area contributed by atoms with E-state index in [1.165, 1.54) is 28.3 Å². The Morgan fingerprint density at radius 2 is 1.60 bits per heavy atom. The molecular formula is C27H28N2O4S2. The van der Waals surface area contributed by atoms with Gasteiger partial charge in [-0.1, -0.05) is 6.07 Å². The van der Waals surface area contributed by atoms with Gasteiger partial charge in [0.05, 0.1) is 22.6 Å². The number of benzene rings is 3. The summed E-state index contributed by atoms with van der Waals surface area (Å²) in [6.45, 7) is 6.13. The summed E-state index contributed by atoms with van der Waals surface area (Å²) in [6, 6.07) is 19.6. The van der Waals surface area contributed by atoms with Crippen LogP contribution in [0.4, 0.5) is 11.4 Å². The van der Waals surface area contributed by atoms with Gasteiger partial charge in [-0.15, -0.1) is 11.3 Å². The number of ether oxygens (including phenoxy) is 1. The number of hydrogen-bond acceptors (Lipinski definition) is 5. The molecule has 0 radical (unpaired) electrons. The molecule has 0 atom stereocenters. The number of anilines is 2. The van der Waals surface area contributed by atoms with Gasteiger partial charge in [-0.05, 0) is 97.9 Å². The third-order valence-electron chi connectivity index (χ3n) is 6.12. The summed E-state index contributed by atoms with van der Waals surface area (Å²) in [5.74, 6) is 0.490. The van der Waals surface area contributed by atoms with E-state index in [0.29, 0.717) is 16.3 Å². The SMILES string of the molecule is CCN(c1ccc2sc(C(=O)N(C)c3ccc(C)c(C)c3)cc2c1)S(=O)(=O)c1ccc(OC)cc1. The molecule has 0 N–H and O–H groups in total. The second kappa shape index (κ2) is 9.71. The van der Waals surface area contributed by atoms with Crippen molar-refractivity contribution >= 4 is 48.7 Å². The highest BCUT2D eigenvalue weighted by atomic mass is 32.2. The Morgan fingerprint density at radius 3 is 2.23 bits per heavy atom. The predicted octanol–water partition coefficient (Wildman–Crippen LogP) is 6.02. The lowest BCUT2D eigenvalue weighted by atomic mass is 10.1. The molecule has 0 bridgehead atoms. The number of amides is 1. The van der Waals surface area contributed by atoms with Gasteiger partial charge in [0.1, 0.15) is 5.75 Å². The largest absolute Gasteiger partial charge is 0.497 e. The average Bonchev–Trinajstić information content (AvgIpc) is 3.28. The Labute approximate surface area is 210 Å². The number of rotatable bonds is 7. The first-order valence-corrected chi connectivity index (χ1v) is 13.5. The minimum absolute atomic E-state index is 0.103. The van der Waals surface area contributed by atoms with Gasteiger partial charge in [0.25, 0.3) is 15.9 Å². The van der Waals surface area contributed by atoms with Crippen molar-refractivity contribution in [2.45, 2.75) is 25.7 Å². The van der Waals surface area contributed by atoms with Gasteiger partial charge in [0.15, 0.2) is 0 Å². The molecule has 0 spiro atoms. The average molecular weight is 509 g/mol. The molecule has 0 aliphatic rings. The van der Waals surface area contributed by atoms with Gasteiger partial charge >= 0.3 is 0 Å². The molecule has 0 saturated carbocycles. The molecule has 0 fully saturated rings. The number of thiophene rings is 1. The minimum Gasteiger partial charge on any atom is -0.497 e. The van der Waals surface area contributed by atoms with Crippen molar-refractivity contribution in [3.8, 4) is 5.75 Å². The summed E-state index contributed by atoms with van der Waals surface area (Å²) in [5.41, 5.74) is 3.68. The first-order valence-electron chi connectivity index (χ1n) is 11.2. The Balaban J connectivity index is 1.65. The Hall–Kier alpha value is -3.36. The highest BCUT2D eigenvalue weighted by Crippen LogP contribution is 2.33. The minimum atomic E-state index is -3.76. The van der Waals surface area contributed by atoms with E-state index in [-0.39, 0.29) is 17.3 Å². The van der Waals surface area contributed by atoms with Crippen LogP contribution in [0.25, 0.3) is 10.1 Å². The summed E-state index contributed by atoms with van der Waals surface area (Å²) >= 11 is 1.40. The highest BCUT2D eigenvalue weighted by molar-refractivity contribution is 7.92. The van der Waals surface area contributed by atoms with Gasteiger partial charge in [-0.3, -0.25) is 9.10 Å². The van der Waals surface area contributed by atoms with Gasteiger partial charge < -0.3 is 9.64 Å². The van der Waals surface area contributed by atoms with Crippen molar-refractivity contribution in [3.63, 3.8) is 0 Å². The molecule has 0 saturated heterocycles. The molecule has 0 unspecified atom stereocenters. The molecule has 8 heteroatoms. The van der Waals surface area contributed by atoms with E-state index in [1.807, 2.05) is 50.2 Å². The number of nitrogens with zero attached hydrogens (tertiary/aromatic N) is 2. The van der Waals surface area contributed by atoms with Crippen molar-refractivity contribution in [3.05, 3.63) is 82.7 Å². The summed E-state index contributed by atoms with van der Waals surface area (Å²) in [4.78, 5) is 15.6. The molecule has 4 rings (SSSR count). The Bertz CT molecular complexity index is 1490. The number of hydrogen-bond donors (Lipinski definition) is 0. The van der Waals surface area contributed by atoms with E-state index in [9.17, 15) is 13.2 Å². The Kier molecular flexibility index (Phi) is 6.87. The molecule has 35 heavy (non-hydrogen) atoms. The zero-order valence-electron chi connectivity index (χ0n) is 20.4. The lowest BCUT2D eigenvalue weighted by Gasteiger charge is -2.23. The molecule has 3 aromatic carbocycles. The fourth-order valence-corrected chi connectivity index (χ4v) is 6.36. The van der Waals surface area contributed by atoms with Crippen molar-refractivity contribution in [2.75, 3.05) is 29.9 Å². The van der Waals surface area contributed by atoms with E-state index >= 15 is 0 Å². The fraction of sp³-hybridized carbons (Fsp3) is 0.222. The summed E-state index contributed by atoms with van der Waals surface area (Å²) in [6.07, 6.45) is 0. The van der Waals surface area contributed by atoms with Gasteiger partial charge in [0, 0.05) is 24.0 Å². The van der Waals surface area contributed by atoms with Crippen LogP contribution in [0, 0.1) is 13.8 Å². The fourth-order valence-electron chi connectivity index (χ4n) is 3.87. The van der Waals surface area contributed by atoms with Crippen molar-refractivity contribution in [1.29, 1.82) is 0 Å². The summed E-state index contributed by atoms with van der Waals surface area (Å²) in [7, 11) is -0.454. The smallest absolute Gasteiger partial charge is 0.268 e.